The summed E-state index contributed by atoms with van der Waals surface area (Å²) in [5, 5.41) is 8.82. The molecule has 0 unspecified atom stereocenters. The Balaban J connectivity index is 1.91. The summed E-state index contributed by atoms with van der Waals surface area (Å²) < 4.78 is 19.5. The highest BCUT2D eigenvalue weighted by atomic mass is 19.1. The van der Waals surface area contributed by atoms with E-state index >= 15 is 0 Å². The molecule has 2 aromatic heterocycles. The minimum absolute atomic E-state index is 0.198. The second-order valence-corrected chi connectivity index (χ2v) is 5.81. The van der Waals surface area contributed by atoms with Gasteiger partial charge >= 0.3 is 0 Å². The van der Waals surface area contributed by atoms with E-state index in [9.17, 15) is 9.18 Å². The zero-order chi connectivity index (χ0) is 18.0. The molecule has 7 heteroatoms. The molecule has 0 N–H and O–H groups in total. The molecular formula is C18H17FN4O2. The largest absolute Gasteiger partial charge is 0.360 e. The first-order chi connectivity index (χ1) is 12.0. The van der Waals surface area contributed by atoms with Gasteiger partial charge in [-0.25, -0.2) is 9.07 Å². The van der Waals surface area contributed by atoms with Crippen LogP contribution in [0.4, 0.5) is 4.39 Å². The molecule has 0 aliphatic carbocycles. The van der Waals surface area contributed by atoms with Crippen molar-refractivity contribution in [3.8, 4) is 12.3 Å². The molecule has 0 atom stereocenters. The zero-order valence-electron chi connectivity index (χ0n) is 14.0. The van der Waals surface area contributed by atoms with Gasteiger partial charge in [0.25, 0.3) is 5.56 Å². The number of aryl methyl sites for hydroxylation is 2. The molecule has 6 nitrogen and oxygen atoms in total. The Kier molecular flexibility index (Phi) is 4.63. The minimum Gasteiger partial charge on any atom is -0.360 e. The van der Waals surface area contributed by atoms with Gasteiger partial charge in [0, 0.05) is 6.54 Å². The first-order valence-corrected chi connectivity index (χ1v) is 7.73. The first kappa shape index (κ1) is 16.9. The van der Waals surface area contributed by atoms with Crippen molar-refractivity contribution in [2.75, 3.05) is 6.54 Å². The van der Waals surface area contributed by atoms with E-state index in [1.807, 2.05) is 4.90 Å². The lowest BCUT2D eigenvalue weighted by Crippen LogP contribution is -2.34. The highest BCUT2D eigenvalue weighted by Gasteiger charge is 2.16. The van der Waals surface area contributed by atoms with Crippen LogP contribution in [0.15, 0.2) is 33.6 Å². The molecule has 0 aliphatic rings. The Morgan fingerprint density at radius 1 is 1.32 bits per heavy atom. The SMILES string of the molecule is C#CCN(Cc1ccc(F)cc1)Cn1nc(C)c2c(C)onc2c1=O. The molecule has 0 radical (unpaired) electrons. The molecule has 25 heavy (non-hydrogen) atoms. The van der Waals surface area contributed by atoms with Crippen LogP contribution in [-0.4, -0.2) is 26.4 Å². The maximum absolute atomic E-state index is 13.0. The molecule has 0 bridgehead atoms. The summed E-state index contributed by atoms with van der Waals surface area (Å²) in [6.07, 6.45) is 5.44. The van der Waals surface area contributed by atoms with Gasteiger partial charge in [0.15, 0.2) is 5.52 Å². The number of nitrogens with zero attached hydrogens (tertiary/aromatic N) is 4. The smallest absolute Gasteiger partial charge is 0.298 e. The van der Waals surface area contributed by atoms with E-state index in [1.165, 1.54) is 16.8 Å². The van der Waals surface area contributed by atoms with Crippen molar-refractivity contribution in [1.82, 2.24) is 19.8 Å². The van der Waals surface area contributed by atoms with Crippen molar-refractivity contribution in [3.63, 3.8) is 0 Å². The van der Waals surface area contributed by atoms with E-state index in [0.717, 1.165) is 5.56 Å². The van der Waals surface area contributed by atoms with Gasteiger partial charge in [-0.1, -0.05) is 23.2 Å². The van der Waals surface area contributed by atoms with Gasteiger partial charge in [-0.2, -0.15) is 5.10 Å². The van der Waals surface area contributed by atoms with Gasteiger partial charge in [-0.05, 0) is 31.5 Å². The molecule has 0 spiro atoms. The maximum Gasteiger partial charge on any atom is 0.298 e. The van der Waals surface area contributed by atoms with Crippen LogP contribution in [-0.2, 0) is 13.2 Å². The van der Waals surface area contributed by atoms with Gasteiger partial charge < -0.3 is 4.52 Å². The summed E-state index contributed by atoms with van der Waals surface area (Å²) in [6, 6.07) is 6.15. The van der Waals surface area contributed by atoms with Crippen LogP contribution in [0.3, 0.4) is 0 Å². The lowest BCUT2D eigenvalue weighted by Gasteiger charge is -2.20. The van der Waals surface area contributed by atoms with E-state index in [0.29, 0.717) is 29.9 Å². The lowest BCUT2D eigenvalue weighted by atomic mass is 10.2. The van der Waals surface area contributed by atoms with Crippen LogP contribution in [0.25, 0.3) is 10.9 Å². The minimum atomic E-state index is -0.335. The van der Waals surface area contributed by atoms with Gasteiger partial charge in [0.05, 0.1) is 24.3 Å². The Labute approximate surface area is 143 Å². The van der Waals surface area contributed by atoms with Crippen molar-refractivity contribution in [2.24, 2.45) is 0 Å². The highest BCUT2D eigenvalue weighted by molar-refractivity contribution is 5.81. The predicted octanol–water partition coefficient (Wildman–Crippen LogP) is 2.23. The van der Waals surface area contributed by atoms with Gasteiger partial charge in [0.2, 0.25) is 0 Å². The summed E-state index contributed by atoms with van der Waals surface area (Å²) in [6.45, 7) is 4.53. The van der Waals surface area contributed by atoms with Crippen molar-refractivity contribution in [1.29, 1.82) is 0 Å². The molecular weight excluding hydrogens is 323 g/mol. The van der Waals surface area contributed by atoms with E-state index < -0.39 is 0 Å². The summed E-state index contributed by atoms with van der Waals surface area (Å²) in [4.78, 5) is 14.4. The monoisotopic (exact) mass is 340 g/mol. The number of hydrogen-bond acceptors (Lipinski definition) is 5. The molecule has 1 aromatic carbocycles. The van der Waals surface area contributed by atoms with Gasteiger partial charge in [-0.3, -0.25) is 9.69 Å². The molecule has 0 amide bonds. The average Bonchev–Trinajstić information content (AvgIpc) is 2.97. The zero-order valence-corrected chi connectivity index (χ0v) is 14.0. The molecule has 3 rings (SSSR count). The third-order valence-corrected chi connectivity index (χ3v) is 3.90. The predicted molar refractivity (Wildman–Crippen MR) is 91.2 cm³/mol. The Morgan fingerprint density at radius 3 is 2.72 bits per heavy atom. The van der Waals surface area contributed by atoms with Gasteiger partial charge in [-0.15, -0.1) is 6.42 Å². The van der Waals surface area contributed by atoms with Gasteiger partial charge in [0.1, 0.15) is 11.6 Å². The number of benzene rings is 1. The van der Waals surface area contributed by atoms with Crippen molar-refractivity contribution >= 4 is 10.9 Å². The van der Waals surface area contributed by atoms with Crippen LogP contribution in [0.2, 0.25) is 0 Å². The summed E-state index contributed by atoms with van der Waals surface area (Å²) in [7, 11) is 0. The van der Waals surface area contributed by atoms with Crippen LogP contribution >= 0.6 is 0 Å². The molecule has 0 fully saturated rings. The van der Waals surface area contributed by atoms with E-state index in [4.69, 9.17) is 10.9 Å². The number of halogens is 1. The highest BCUT2D eigenvalue weighted by Crippen LogP contribution is 2.16. The number of hydrogen-bond donors (Lipinski definition) is 0. The number of aromatic nitrogens is 3. The third-order valence-electron chi connectivity index (χ3n) is 3.90. The van der Waals surface area contributed by atoms with Crippen LogP contribution in [0.5, 0.6) is 0 Å². The summed E-state index contributed by atoms with van der Waals surface area (Å²) in [5.41, 5.74) is 1.47. The molecule has 2 heterocycles. The summed E-state index contributed by atoms with van der Waals surface area (Å²) >= 11 is 0. The van der Waals surface area contributed by atoms with E-state index in [1.54, 1.807) is 26.0 Å². The van der Waals surface area contributed by atoms with Crippen molar-refractivity contribution in [2.45, 2.75) is 27.1 Å². The summed E-state index contributed by atoms with van der Waals surface area (Å²) in [5.74, 6) is 2.84. The van der Waals surface area contributed by atoms with Crippen molar-refractivity contribution in [3.05, 3.63) is 57.5 Å². The second-order valence-electron chi connectivity index (χ2n) is 5.81. The van der Waals surface area contributed by atoms with E-state index in [2.05, 4.69) is 16.2 Å². The molecule has 0 saturated carbocycles. The fraction of sp³-hybridized carbons (Fsp3) is 0.278. The molecule has 0 saturated heterocycles. The average molecular weight is 340 g/mol. The van der Waals surface area contributed by atoms with E-state index in [-0.39, 0.29) is 23.6 Å². The molecule has 128 valence electrons. The molecule has 3 aromatic rings. The maximum atomic E-state index is 13.0. The topological polar surface area (TPSA) is 64.2 Å². The number of terminal acetylenes is 1. The Morgan fingerprint density at radius 2 is 2.04 bits per heavy atom. The first-order valence-electron chi connectivity index (χ1n) is 7.73. The van der Waals surface area contributed by atoms with Crippen LogP contribution < -0.4 is 5.56 Å². The Bertz CT molecular complexity index is 999. The van der Waals surface area contributed by atoms with Crippen LogP contribution in [0, 0.1) is 32.0 Å². The number of rotatable bonds is 5. The quantitative estimate of drug-likeness (QED) is 0.667. The normalized spacial score (nSPS) is 11.2. The number of fused-ring (bicyclic) bond motifs is 1. The fourth-order valence-electron chi connectivity index (χ4n) is 2.76. The van der Waals surface area contributed by atoms with Crippen LogP contribution in [0.1, 0.15) is 17.0 Å². The standard InChI is InChI=1S/C18H17FN4O2/c1-4-9-22(10-14-5-7-15(19)8-6-14)11-23-18(24)17-16(12(2)20-23)13(3)25-21-17/h1,5-8H,9-11H2,2-3H3. The third kappa shape index (κ3) is 3.44. The van der Waals surface area contributed by atoms with Crippen molar-refractivity contribution < 1.29 is 8.91 Å². The Hall–Kier alpha value is -2.98. The second kappa shape index (κ2) is 6.87. The lowest BCUT2D eigenvalue weighted by molar-refractivity contribution is 0.218. The molecule has 0 aliphatic heterocycles. The fourth-order valence-corrected chi connectivity index (χ4v) is 2.76.